The van der Waals surface area contributed by atoms with E-state index in [0.717, 1.165) is 56.0 Å². The Labute approximate surface area is 179 Å². The summed E-state index contributed by atoms with van der Waals surface area (Å²) >= 11 is 0. The zero-order chi connectivity index (χ0) is 18.1. The molecule has 3 heterocycles. The fraction of sp³-hybridized carbons (Fsp3) is 0.571. The fourth-order valence-corrected chi connectivity index (χ4v) is 4.41. The molecule has 0 amide bonds. The number of nitrogens with zero attached hydrogens (tertiary/aromatic N) is 2. The van der Waals surface area contributed by atoms with Crippen LogP contribution in [0.25, 0.3) is 11.5 Å². The highest BCUT2D eigenvalue weighted by Gasteiger charge is 2.44. The van der Waals surface area contributed by atoms with Gasteiger partial charge in [-0.25, -0.2) is 4.98 Å². The van der Waals surface area contributed by atoms with Crippen LogP contribution in [0.3, 0.4) is 0 Å². The van der Waals surface area contributed by atoms with Gasteiger partial charge in [0.25, 0.3) is 0 Å². The van der Waals surface area contributed by atoms with E-state index < -0.39 is 0 Å². The van der Waals surface area contributed by atoms with Crippen LogP contribution >= 0.6 is 24.8 Å². The van der Waals surface area contributed by atoms with E-state index in [1.54, 1.807) is 0 Å². The molecule has 0 spiro atoms. The first kappa shape index (κ1) is 23.2. The van der Waals surface area contributed by atoms with Crippen LogP contribution in [0.2, 0.25) is 0 Å². The molecule has 0 aliphatic carbocycles. The van der Waals surface area contributed by atoms with E-state index in [0.29, 0.717) is 18.5 Å². The second-order valence-electron chi connectivity index (χ2n) is 8.00. The summed E-state index contributed by atoms with van der Waals surface area (Å²) in [6, 6.07) is 8.67. The van der Waals surface area contributed by atoms with Crippen molar-refractivity contribution in [1.29, 1.82) is 0 Å². The van der Waals surface area contributed by atoms with E-state index in [2.05, 4.69) is 41.4 Å². The lowest BCUT2D eigenvalue weighted by Crippen LogP contribution is -2.61. The van der Waals surface area contributed by atoms with Crippen LogP contribution in [-0.2, 0) is 6.54 Å². The van der Waals surface area contributed by atoms with Gasteiger partial charge in [0.1, 0.15) is 5.76 Å². The van der Waals surface area contributed by atoms with E-state index in [-0.39, 0.29) is 30.2 Å². The molecule has 1 aromatic carbocycles. The zero-order valence-corrected chi connectivity index (χ0v) is 18.2. The largest absolute Gasteiger partial charge is 0.441 e. The second kappa shape index (κ2) is 9.59. The number of hydrogen-bond donors (Lipinski definition) is 2. The van der Waals surface area contributed by atoms with Crippen LogP contribution in [0.15, 0.2) is 28.7 Å². The third-order valence-electron chi connectivity index (χ3n) is 6.23. The molecule has 2 aromatic rings. The maximum atomic E-state index is 9.96. The van der Waals surface area contributed by atoms with Gasteiger partial charge >= 0.3 is 0 Å². The molecule has 1 aromatic heterocycles. The third kappa shape index (κ3) is 4.55. The number of nitrogens with one attached hydrogen (secondary N) is 1. The summed E-state index contributed by atoms with van der Waals surface area (Å²) < 4.78 is 5.94. The maximum Gasteiger partial charge on any atom is 0.226 e. The van der Waals surface area contributed by atoms with Gasteiger partial charge in [-0.05, 0) is 58.3 Å². The molecular weight excluding hydrogens is 397 g/mol. The summed E-state index contributed by atoms with van der Waals surface area (Å²) in [5.41, 5.74) is 3.35. The first-order chi connectivity index (χ1) is 12.6. The number of aryl methyl sites for hydroxylation is 2. The van der Waals surface area contributed by atoms with Crippen molar-refractivity contribution in [2.75, 3.05) is 26.2 Å². The molecule has 0 unspecified atom stereocenters. The van der Waals surface area contributed by atoms with E-state index in [1.165, 1.54) is 12.0 Å². The van der Waals surface area contributed by atoms with Gasteiger partial charge in [-0.3, -0.25) is 4.90 Å². The molecule has 2 fully saturated rings. The average molecular weight is 428 g/mol. The van der Waals surface area contributed by atoms with Gasteiger partial charge in [0.2, 0.25) is 5.89 Å². The van der Waals surface area contributed by atoms with Crippen molar-refractivity contribution < 1.29 is 9.52 Å². The Morgan fingerprint density at radius 3 is 2.68 bits per heavy atom. The Bertz CT molecular complexity index is 766. The highest BCUT2D eigenvalue weighted by atomic mass is 35.5. The second-order valence-corrected chi connectivity index (χ2v) is 8.00. The summed E-state index contributed by atoms with van der Waals surface area (Å²) in [6.07, 6.45) is 3.35. The van der Waals surface area contributed by atoms with Crippen molar-refractivity contribution in [3.63, 3.8) is 0 Å². The lowest BCUT2D eigenvalue weighted by atomic mass is 9.70. The van der Waals surface area contributed by atoms with Crippen LogP contribution in [0, 0.1) is 19.3 Å². The smallest absolute Gasteiger partial charge is 0.226 e. The van der Waals surface area contributed by atoms with Crippen molar-refractivity contribution in [3.8, 4) is 11.5 Å². The van der Waals surface area contributed by atoms with E-state index in [1.807, 2.05) is 6.92 Å². The van der Waals surface area contributed by atoms with Gasteiger partial charge in [0.15, 0.2) is 0 Å². The number of aliphatic hydroxyl groups excluding tert-OH is 1. The quantitative estimate of drug-likeness (QED) is 0.777. The SMILES string of the molecule is Cc1ccc(-c2nc(CN3CC[C@@]4(CO)CCCN[C@@H]4C3)c(C)o2)cc1.Cl.Cl. The molecule has 7 heteroatoms. The van der Waals surface area contributed by atoms with Crippen molar-refractivity contribution in [2.24, 2.45) is 5.41 Å². The molecule has 2 atom stereocenters. The standard InChI is InChI=1S/C21H29N3O2.2ClH/c1-15-4-6-17(7-5-15)20-23-18(16(2)26-20)12-24-11-9-21(14-25)8-3-10-22-19(21)13-24;;/h4-7,19,22,25H,3,8-14H2,1-2H3;2*1H/t19-,21-;;/m1../s1. The number of halogens is 2. The van der Waals surface area contributed by atoms with E-state index in [4.69, 9.17) is 9.40 Å². The minimum absolute atomic E-state index is 0. The van der Waals surface area contributed by atoms with Gasteiger partial charge in [0.05, 0.1) is 12.3 Å². The Hall–Kier alpha value is -1.11. The predicted octanol–water partition coefficient (Wildman–Crippen LogP) is 3.74. The predicted molar refractivity (Wildman–Crippen MR) is 116 cm³/mol. The minimum Gasteiger partial charge on any atom is -0.441 e. The van der Waals surface area contributed by atoms with Gasteiger partial charge < -0.3 is 14.8 Å². The normalized spacial score (nSPS) is 24.8. The highest BCUT2D eigenvalue weighted by Crippen LogP contribution is 2.38. The van der Waals surface area contributed by atoms with Crippen LogP contribution in [0.5, 0.6) is 0 Å². The van der Waals surface area contributed by atoms with Gasteiger partial charge in [-0.1, -0.05) is 17.7 Å². The summed E-state index contributed by atoms with van der Waals surface area (Å²) in [7, 11) is 0. The van der Waals surface area contributed by atoms with Crippen LogP contribution in [0.1, 0.15) is 36.3 Å². The molecule has 5 nitrogen and oxygen atoms in total. The van der Waals surface area contributed by atoms with Gasteiger partial charge in [-0.2, -0.15) is 0 Å². The Morgan fingerprint density at radius 1 is 1.21 bits per heavy atom. The molecule has 2 aliphatic rings. The first-order valence-corrected chi connectivity index (χ1v) is 9.70. The molecule has 2 N–H and O–H groups in total. The van der Waals surface area contributed by atoms with Crippen LogP contribution in [0.4, 0.5) is 0 Å². The zero-order valence-electron chi connectivity index (χ0n) is 16.6. The van der Waals surface area contributed by atoms with Crippen LogP contribution < -0.4 is 5.32 Å². The lowest BCUT2D eigenvalue weighted by Gasteiger charge is -2.50. The summed E-state index contributed by atoms with van der Waals surface area (Å²) in [4.78, 5) is 7.21. The van der Waals surface area contributed by atoms with Crippen molar-refractivity contribution >= 4 is 24.8 Å². The average Bonchev–Trinajstić information content (AvgIpc) is 3.02. The van der Waals surface area contributed by atoms with Gasteiger partial charge in [0, 0.05) is 30.1 Å². The lowest BCUT2D eigenvalue weighted by molar-refractivity contribution is -0.0154. The number of likely N-dealkylation sites (tertiary alicyclic amines) is 1. The summed E-state index contributed by atoms with van der Waals surface area (Å²) in [6.45, 7) is 8.21. The van der Waals surface area contributed by atoms with Crippen LogP contribution in [-0.4, -0.2) is 47.3 Å². The third-order valence-corrected chi connectivity index (χ3v) is 6.23. The maximum absolute atomic E-state index is 9.96. The number of aliphatic hydroxyl groups is 1. The number of rotatable bonds is 4. The van der Waals surface area contributed by atoms with E-state index in [9.17, 15) is 5.11 Å². The molecule has 0 radical (unpaired) electrons. The number of hydrogen-bond acceptors (Lipinski definition) is 5. The van der Waals surface area contributed by atoms with Crippen molar-refractivity contribution in [1.82, 2.24) is 15.2 Å². The number of piperidine rings is 2. The Kier molecular flexibility index (Phi) is 7.94. The monoisotopic (exact) mass is 427 g/mol. The Balaban J connectivity index is 0.00000140. The minimum atomic E-state index is 0. The molecule has 4 rings (SSSR count). The molecule has 156 valence electrons. The number of fused-ring (bicyclic) bond motifs is 1. The fourth-order valence-electron chi connectivity index (χ4n) is 4.41. The first-order valence-electron chi connectivity index (χ1n) is 9.70. The number of oxazole rings is 1. The Morgan fingerprint density at radius 2 is 1.96 bits per heavy atom. The highest BCUT2D eigenvalue weighted by molar-refractivity contribution is 5.85. The molecule has 28 heavy (non-hydrogen) atoms. The molecule has 0 saturated carbocycles. The number of aromatic nitrogens is 1. The van der Waals surface area contributed by atoms with Crippen molar-refractivity contribution in [3.05, 3.63) is 41.3 Å². The summed E-state index contributed by atoms with van der Waals surface area (Å²) in [5.74, 6) is 1.60. The topological polar surface area (TPSA) is 61.5 Å². The molecule has 0 bridgehead atoms. The van der Waals surface area contributed by atoms with Crippen molar-refractivity contribution in [2.45, 2.75) is 45.7 Å². The van der Waals surface area contributed by atoms with E-state index >= 15 is 0 Å². The molecule has 2 aliphatic heterocycles. The molecule has 2 saturated heterocycles. The van der Waals surface area contributed by atoms with Gasteiger partial charge in [-0.15, -0.1) is 24.8 Å². The number of benzene rings is 1. The summed E-state index contributed by atoms with van der Waals surface area (Å²) in [5, 5.41) is 13.6. The molecular formula is C21H31Cl2N3O2.